The minimum absolute atomic E-state index is 0.126. The molecule has 140 valence electrons. The standard InChI is InChI=1S/C22H24N2O3/c1-27-19-9-5-8-18(13-19)24-16-22(14-21(24)26)10-11-23(15-22)20(25)12-17-6-3-2-4-7-17/h2-9,13H,10-12,14-16H2,1H3/t22-/m1/s1. The Morgan fingerprint density at radius 2 is 1.93 bits per heavy atom. The summed E-state index contributed by atoms with van der Waals surface area (Å²) < 4.78 is 5.28. The van der Waals surface area contributed by atoms with E-state index in [1.807, 2.05) is 64.4 Å². The summed E-state index contributed by atoms with van der Waals surface area (Å²) in [7, 11) is 1.62. The van der Waals surface area contributed by atoms with Gasteiger partial charge in [-0.1, -0.05) is 36.4 Å². The van der Waals surface area contributed by atoms with Crippen LogP contribution in [0.2, 0.25) is 0 Å². The van der Waals surface area contributed by atoms with Gasteiger partial charge in [0.1, 0.15) is 5.75 Å². The fourth-order valence-corrected chi connectivity index (χ4v) is 4.21. The monoisotopic (exact) mass is 364 g/mol. The molecule has 4 rings (SSSR count). The van der Waals surface area contributed by atoms with E-state index in [1.54, 1.807) is 7.11 Å². The van der Waals surface area contributed by atoms with Crippen LogP contribution in [-0.2, 0) is 16.0 Å². The minimum atomic E-state index is -0.132. The summed E-state index contributed by atoms with van der Waals surface area (Å²) in [6, 6.07) is 17.4. The Balaban J connectivity index is 1.44. The van der Waals surface area contributed by atoms with E-state index in [0.29, 0.717) is 25.9 Å². The molecule has 0 N–H and O–H groups in total. The van der Waals surface area contributed by atoms with Crippen LogP contribution in [0, 0.1) is 5.41 Å². The summed E-state index contributed by atoms with van der Waals surface area (Å²) in [4.78, 5) is 29.1. The molecule has 2 amide bonds. The van der Waals surface area contributed by atoms with Gasteiger partial charge in [0.2, 0.25) is 11.8 Å². The van der Waals surface area contributed by atoms with Crippen LogP contribution >= 0.6 is 0 Å². The second kappa shape index (κ2) is 7.06. The van der Waals surface area contributed by atoms with Crippen LogP contribution in [0.4, 0.5) is 5.69 Å². The number of carbonyl (C=O) groups is 2. The summed E-state index contributed by atoms with van der Waals surface area (Å²) in [5.41, 5.74) is 1.77. The lowest BCUT2D eigenvalue weighted by Gasteiger charge is -2.24. The molecule has 0 radical (unpaired) electrons. The maximum Gasteiger partial charge on any atom is 0.227 e. The van der Waals surface area contributed by atoms with Crippen molar-refractivity contribution in [3.05, 3.63) is 60.2 Å². The smallest absolute Gasteiger partial charge is 0.227 e. The molecule has 2 saturated heterocycles. The normalized spacial score (nSPS) is 21.9. The third-order valence-corrected chi connectivity index (χ3v) is 5.68. The second-order valence-corrected chi connectivity index (χ2v) is 7.59. The summed E-state index contributed by atoms with van der Waals surface area (Å²) in [6.45, 7) is 2.05. The minimum Gasteiger partial charge on any atom is -0.497 e. The summed E-state index contributed by atoms with van der Waals surface area (Å²) >= 11 is 0. The first-order chi connectivity index (χ1) is 13.1. The average molecular weight is 364 g/mol. The number of rotatable bonds is 4. The molecule has 1 atom stereocenters. The Hall–Kier alpha value is -2.82. The zero-order valence-electron chi connectivity index (χ0n) is 15.6. The maximum absolute atomic E-state index is 12.7. The Morgan fingerprint density at radius 1 is 1.11 bits per heavy atom. The zero-order chi connectivity index (χ0) is 18.9. The molecule has 2 aliphatic heterocycles. The highest BCUT2D eigenvalue weighted by molar-refractivity contribution is 5.96. The van der Waals surface area contributed by atoms with Gasteiger partial charge in [-0.25, -0.2) is 0 Å². The molecule has 2 heterocycles. The van der Waals surface area contributed by atoms with Gasteiger partial charge in [-0.3, -0.25) is 9.59 Å². The third kappa shape index (κ3) is 3.54. The van der Waals surface area contributed by atoms with Crippen LogP contribution in [0.1, 0.15) is 18.4 Å². The number of hydrogen-bond acceptors (Lipinski definition) is 3. The molecule has 5 heteroatoms. The molecule has 27 heavy (non-hydrogen) atoms. The lowest BCUT2D eigenvalue weighted by atomic mass is 9.86. The average Bonchev–Trinajstić information content (AvgIpc) is 3.25. The fraction of sp³-hybridized carbons (Fsp3) is 0.364. The zero-order valence-corrected chi connectivity index (χ0v) is 15.6. The molecule has 2 aromatic carbocycles. The number of carbonyl (C=O) groups excluding carboxylic acids is 2. The van der Waals surface area contributed by atoms with Crippen molar-refractivity contribution < 1.29 is 14.3 Å². The van der Waals surface area contributed by atoms with Crippen LogP contribution in [0.3, 0.4) is 0 Å². The van der Waals surface area contributed by atoms with Gasteiger partial charge in [-0.05, 0) is 24.1 Å². The van der Waals surface area contributed by atoms with E-state index in [4.69, 9.17) is 4.74 Å². The van der Waals surface area contributed by atoms with Crippen molar-refractivity contribution in [1.29, 1.82) is 0 Å². The van der Waals surface area contributed by atoms with Gasteiger partial charge in [0.25, 0.3) is 0 Å². The molecule has 1 spiro atoms. The van der Waals surface area contributed by atoms with Crippen molar-refractivity contribution >= 4 is 17.5 Å². The van der Waals surface area contributed by atoms with Crippen molar-refractivity contribution in [3.8, 4) is 5.75 Å². The van der Waals surface area contributed by atoms with Crippen molar-refractivity contribution in [2.45, 2.75) is 19.3 Å². The Kier molecular flexibility index (Phi) is 4.60. The van der Waals surface area contributed by atoms with Gasteiger partial charge in [0.15, 0.2) is 0 Å². The molecule has 5 nitrogen and oxygen atoms in total. The number of likely N-dealkylation sites (tertiary alicyclic amines) is 1. The van der Waals surface area contributed by atoms with Crippen molar-refractivity contribution in [3.63, 3.8) is 0 Å². The number of methoxy groups -OCH3 is 1. The van der Waals surface area contributed by atoms with Gasteiger partial charge in [-0.15, -0.1) is 0 Å². The van der Waals surface area contributed by atoms with Crippen LogP contribution in [-0.4, -0.2) is 43.5 Å². The first-order valence-electron chi connectivity index (χ1n) is 9.35. The molecule has 0 aromatic heterocycles. The van der Waals surface area contributed by atoms with Crippen molar-refractivity contribution in [1.82, 2.24) is 4.90 Å². The van der Waals surface area contributed by atoms with Gasteiger partial charge < -0.3 is 14.5 Å². The number of hydrogen-bond donors (Lipinski definition) is 0. The second-order valence-electron chi connectivity index (χ2n) is 7.59. The predicted octanol–water partition coefficient (Wildman–Crippen LogP) is 2.89. The quantitative estimate of drug-likeness (QED) is 0.838. The van der Waals surface area contributed by atoms with Crippen LogP contribution in [0.15, 0.2) is 54.6 Å². The molecule has 0 bridgehead atoms. The Labute approximate surface area is 159 Å². The van der Waals surface area contributed by atoms with Crippen LogP contribution in [0.25, 0.3) is 0 Å². The molecule has 2 aromatic rings. The van der Waals surface area contributed by atoms with Crippen molar-refractivity contribution in [2.24, 2.45) is 5.41 Å². The molecule has 2 aliphatic rings. The van der Waals surface area contributed by atoms with E-state index >= 15 is 0 Å². The van der Waals surface area contributed by atoms with Gasteiger partial charge in [0.05, 0.1) is 13.5 Å². The van der Waals surface area contributed by atoms with Gasteiger partial charge in [-0.2, -0.15) is 0 Å². The molecule has 0 aliphatic carbocycles. The van der Waals surface area contributed by atoms with E-state index in [1.165, 1.54) is 0 Å². The molecule has 0 unspecified atom stereocenters. The molecular formula is C22H24N2O3. The SMILES string of the molecule is COc1cccc(N2C[C@]3(CCN(C(=O)Cc4ccccc4)C3)CC2=O)c1. The topological polar surface area (TPSA) is 49.9 Å². The maximum atomic E-state index is 12.7. The summed E-state index contributed by atoms with van der Waals surface area (Å²) in [5.74, 6) is 1.01. The van der Waals surface area contributed by atoms with Crippen LogP contribution < -0.4 is 9.64 Å². The number of ether oxygens (including phenoxy) is 1. The fourth-order valence-electron chi connectivity index (χ4n) is 4.21. The van der Waals surface area contributed by atoms with E-state index in [0.717, 1.165) is 30.0 Å². The number of nitrogens with zero attached hydrogens (tertiary/aromatic N) is 2. The highest BCUT2D eigenvalue weighted by Gasteiger charge is 2.48. The Bertz CT molecular complexity index is 852. The van der Waals surface area contributed by atoms with E-state index in [-0.39, 0.29) is 17.2 Å². The summed E-state index contributed by atoms with van der Waals surface area (Å²) in [6.07, 6.45) is 1.80. The first-order valence-corrected chi connectivity index (χ1v) is 9.35. The lowest BCUT2D eigenvalue weighted by molar-refractivity contribution is -0.130. The highest BCUT2D eigenvalue weighted by atomic mass is 16.5. The first kappa shape index (κ1) is 17.6. The predicted molar refractivity (Wildman–Crippen MR) is 104 cm³/mol. The van der Waals surface area contributed by atoms with Gasteiger partial charge in [0, 0.05) is 43.2 Å². The molecule has 0 saturated carbocycles. The number of benzene rings is 2. The largest absolute Gasteiger partial charge is 0.497 e. The highest BCUT2D eigenvalue weighted by Crippen LogP contribution is 2.42. The third-order valence-electron chi connectivity index (χ3n) is 5.68. The van der Waals surface area contributed by atoms with E-state index in [9.17, 15) is 9.59 Å². The molecular weight excluding hydrogens is 340 g/mol. The van der Waals surface area contributed by atoms with Crippen LogP contribution in [0.5, 0.6) is 5.75 Å². The molecule has 2 fully saturated rings. The van der Waals surface area contributed by atoms with E-state index in [2.05, 4.69) is 0 Å². The van der Waals surface area contributed by atoms with E-state index < -0.39 is 0 Å². The lowest BCUT2D eigenvalue weighted by Crippen LogP contribution is -2.34. The van der Waals surface area contributed by atoms with Gasteiger partial charge >= 0.3 is 0 Å². The number of amides is 2. The summed E-state index contributed by atoms with van der Waals surface area (Å²) in [5, 5.41) is 0. The number of anilines is 1. The van der Waals surface area contributed by atoms with Crippen molar-refractivity contribution in [2.75, 3.05) is 31.6 Å². The Morgan fingerprint density at radius 3 is 2.70 bits per heavy atom.